The lowest BCUT2D eigenvalue weighted by Crippen LogP contribution is -2.42. The summed E-state index contributed by atoms with van der Waals surface area (Å²) in [6, 6.07) is 11.9. The largest absolute Gasteiger partial charge is 0.486 e. The van der Waals surface area contributed by atoms with E-state index in [2.05, 4.69) is 5.32 Å². The highest BCUT2D eigenvalue weighted by Gasteiger charge is 2.21. The molecular formula is C21H18ClNO6. The van der Waals surface area contributed by atoms with Crippen LogP contribution in [0.15, 0.2) is 51.7 Å². The Hall–Kier alpha value is -3.19. The van der Waals surface area contributed by atoms with Crippen molar-refractivity contribution in [2.45, 2.75) is 13.0 Å². The molecule has 0 saturated carbocycles. The van der Waals surface area contributed by atoms with Gasteiger partial charge in [0.05, 0.1) is 11.6 Å². The molecule has 3 aromatic rings. The smallest absolute Gasteiger partial charge is 0.336 e. The highest BCUT2D eigenvalue weighted by atomic mass is 35.5. The first-order valence-electron chi connectivity index (χ1n) is 9.01. The summed E-state index contributed by atoms with van der Waals surface area (Å²) in [5.74, 6) is 1.25. The minimum absolute atomic E-state index is 0.245. The number of ether oxygens (including phenoxy) is 3. The van der Waals surface area contributed by atoms with Crippen LogP contribution >= 0.6 is 11.6 Å². The van der Waals surface area contributed by atoms with Gasteiger partial charge in [0, 0.05) is 17.5 Å². The second kappa shape index (κ2) is 8.05. The predicted molar refractivity (Wildman–Crippen MR) is 107 cm³/mol. The van der Waals surface area contributed by atoms with Gasteiger partial charge in [0.25, 0.3) is 5.91 Å². The summed E-state index contributed by atoms with van der Waals surface area (Å²) in [5.41, 5.74) is 0.636. The molecule has 2 heterocycles. The van der Waals surface area contributed by atoms with Crippen molar-refractivity contribution in [3.63, 3.8) is 0 Å². The molecule has 0 radical (unpaired) electrons. The molecule has 150 valence electrons. The number of rotatable bonds is 5. The fraction of sp³-hybridized carbons (Fsp3) is 0.238. The number of para-hydroxylation sites is 2. The van der Waals surface area contributed by atoms with Crippen molar-refractivity contribution in [3.8, 4) is 17.2 Å². The van der Waals surface area contributed by atoms with Gasteiger partial charge in [-0.2, -0.15) is 0 Å². The molecule has 0 bridgehead atoms. The fourth-order valence-corrected chi connectivity index (χ4v) is 3.23. The van der Waals surface area contributed by atoms with Crippen molar-refractivity contribution in [2.24, 2.45) is 0 Å². The Morgan fingerprint density at radius 3 is 2.86 bits per heavy atom. The summed E-state index contributed by atoms with van der Waals surface area (Å²) in [5, 5.41) is 3.77. The summed E-state index contributed by atoms with van der Waals surface area (Å²) in [6.45, 7) is 2.16. The fourth-order valence-electron chi connectivity index (χ4n) is 3.02. The molecule has 1 atom stereocenters. The Kier molecular flexibility index (Phi) is 5.31. The molecule has 0 spiro atoms. The number of amides is 1. The first kappa shape index (κ1) is 19.1. The maximum absolute atomic E-state index is 12.1. The van der Waals surface area contributed by atoms with Crippen LogP contribution in [0.25, 0.3) is 11.0 Å². The van der Waals surface area contributed by atoms with E-state index >= 15 is 0 Å². The van der Waals surface area contributed by atoms with Gasteiger partial charge >= 0.3 is 5.63 Å². The Labute approximate surface area is 171 Å². The van der Waals surface area contributed by atoms with Crippen LogP contribution in [-0.2, 0) is 4.79 Å². The van der Waals surface area contributed by atoms with Crippen LogP contribution in [0, 0.1) is 6.92 Å². The second-order valence-electron chi connectivity index (χ2n) is 6.62. The van der Waals surface area contributed by atoms with Gasteiger partial charge in [-0.1, -0.05) is 23.7 Å². The van der Waals surface area contributed by atoms with Crippen LogP contribution in [0.1, 0.15) is 5.56 Å². The normalized spacial score (nSPS) is 15.2. The standard InChI is InChI=1S/C21H18ClNO6/c1-12-6-21(25)29-18-8-19(15(22)7-14(12)18)27-11-20(24)23-9-13-10-26-16-4-2-3-5-17(16)28-13/h2-8,13H,9-11H2,1H3,(H,23,24)/t13-/m1/s1. The zero-order valence-corrected chi connectivity index (χ0v) is 16.3. The molecule has 4 rings (SSSR count). The van der Waals surface area contributed by atoms with Gasteiger partial charge < -0.3 is 23.9 Å². The van der Waals surface area contributed by atoms with E-state index in [4.69, 9.17) is 30.2 Å². The lowest BCUT2D eigenvalue weighted by Gasteiger charge is -2.26. The van der Waals surface area contributed by atoms with Crippen molar-refractivity contribution in [1.82, 2.24) is 5.32 Å². The lowest BCUT2D eigenvalue weighted by molar-refractivity contribution is -0.123. The third-order valence-corrected chi connectivity index (χ3v) is 4.75. The average Bonchev–Trinajstić information content (AvgIpc) is 2.71. The minimum atomic E-state index is -0.461. The molecule has 0 saturated heterocycles. The van der Waals surface area contributed by atoms with Crippen molar-refractivity contribution in [1.29, 1.82) is 0 Å². The van der Waals surface area contributed by atoms with Gasteiger partial charge in [0.2, 0.25) is 0 Å². The lowest BCUT2D eigenvalue weighted by atomic mass is 10.1. The Balaban J connectivity index is 1.34. The third-order valence-electron chi connectivity index (χ3n) is 4.46. The Bertz CT molecular complexity index is 1130. The molecule has 0 aliphatic carbocycles. The van der Waals surface area contributed by atoms with Gasteiger partial charge in [-0.3, -0.25) is 4.79 Å². The van der Waals surface area contributed by atoms with E-state index in [0.29, 0.717) is 34.1 Å². The average molecular weight is 416 g/mol. The van der Waals surface area contributed by atoms with Crippen molar-refractivity contribution >= 4 is 28.5 Å². The number of halogens is 1. The second-order valence-corrected chi connectivity index (χ2v) is 7.02. The van der Waals surface area contributed by atoms with Crippen LogP contribution in [-0.4, -0.2) is 31.8 Å². The van der Waals surface area contributed by atoms with Crippen LogP contribution < -0.4 is 25.2 Å². The zero-order chi connectivity index (χ0) is 20.4. The topological polar surface area (TPSA) is 87.0 Å². The van der Waals surface area contributed by atoms with E-state index in [0.717, 1.165) is 5.56 Å². The maximum Gasteiger partial charge on any atom is 0.336 e. The van der Waals surface area contributed by atoms with Crippen molar-refractivity contribution in [3.05, 3.63) is 63.5 Å². The molecule has 1 aromatic heterocycles. The van der Waals surface area contributed by atoms with Gasteiger partial charge in [-0.05, 0) is 30.7 Å². The summed E-state index contributed by atoms with van der Waals surface area (Å²) in [7, 11) is 0. The zero-order valence-electron chi connectivity index (χ0n) is 15.6. The molecule has 0 fully saturated rings. The Morgan fingerprint density at radius 1 is 1.24 bits per heavy atom. The number of fused-ring (bicyclic) bond motifs is 2. The van der Waals surface area contributed by atoms with E-state index in [9.17, 15) is 9.59 Å². The van der Waals surface area contributed by atoms with Gasteiger partial charge in [-0.25, -0.2) is 4.79 Å². The van der Waals surface area contributed by atoms with Gasteiger partial charge in [-0.15, -0.1) is 0 Å². The SMILES string of the molecule is Cc1cc(=O)oc2cc(OCC(=O)NC[C@@H]3COc4ccccc4O3)c(Cl)cc12. The van der Waals surface area contributed by atoms with Crippen LogP contribution in [0.5, 0.6) is 17.2 Å². The summed E-state index contributed by atoms with van der Waals surface area (Å²) in [4.78, 5) is 23.7. The number of hydrogen-bond acceptors (Lipinski definition) is 6. The highest BCUT2D eigenvalue weighted by Crippen LogP contribution is 2.31. The molecule has 0 unspecified atom stereocenters. The number of carbonyl (C=O) groups excluding carboxylic acids is 1. The van der Waals surface area contributed by atoms with E-state index in [-0.39, 0.29) is 30.9 Å². The minimum Gasteiger partial charge on any atom is -0.486 e. The monoisotopic (exact) mass is 415 g/mol. The molecule has 1 N–H and O–H groups in total. The highest BCUT2D eigenvalue weighted by molar-refractivity contribution is 6.32. The quantitative estimate of drug-likeness (QED) is 0.644. The number of aryl methyl sites for hydroxylation is 1. The number of nitrogens with one attached hydrogen (secondary N) is 1. The molecule has 29 heavy (non-hydrogen) atoms. The van der Waals surface area contributed by atoms with E-state index < -0.39 is 5.63 Å². The van der Waals surface area contributed by atoms with Gasteiger partial charge in [0.15, 0.2) is 18.1 Å². The molecule has 8 heteroatoms. The summed E-state index contributed by atoms with van der Waals surface area (Å²) >= 11 is 6.23. The summed E-state index contributed by atoms with van der Waals surface area (Å²) in [6.07, 6.45) is -0.296. The van der Waals surface area contributed by atoms with Gasteiger partial charge in [0.1, 0.15) is 24.0 Å². The molecule has 1 amide bonds. The molecular weight excluding hydrogens is 398 g/mol. The Morgan fingerprint density at radius 2 is 2.03 bits per heavy atom. The number of hydrogen-bond donors (Lipinski definition) is 1. The van der Waals surface area contributed by atoms with E-state index in [1.165, 1.54) is 12.1 Å². The molecule has 7 nitrogen and oxygen atoms in total. The van der Waals surface area contributed by atoms with Crippen molar-refractivity contribution in [2.75, 3.05) is 19.8 Å². The number of benzene rings is 2. The molecule has 1 aliphatic rings. The van der Waals surface area contributed by atoms with Crippen LogP contribution in [0.4, 0.5) is 0 Å². The van der Waals surface area contributed by atoms with Crippen LogP contribution in [0.3, 0.4) is 0 Å². The van der Waals surface area contributed by atoms with Crippen molar-refractivity contribution < 1.29 is 23.4 Å². The first-order chi connectivity index (χ1) is 14.0. The molecule has 1 aliphatic heterocycles. The van der Waals surface area contributed by atoms with Crippen LogP contribution in [0.2, 0.25) is 5.02 Å². The maximum atomic E-state index is 12.1. The predicted octanol–water partition coefficient (Wildman–Crippen LogP) is 3.09. The van der Waals surface area contributed by atoms with E-state index in [1.807, 2.05) is 24.3 Å². The summed E-state index contributed by atoms with van der Waals surface area (Å²) < 4.78 is 22.1. The van der Waals surface area contributed by atoms with E-state index in [1.54, 1.807) is 13.0 Å². The molecule has 2 aromatic carbocycles. The first-order valence-corrected chi connectivity index (χ1v) is 9.39. The third kappa shape index (κ3) is 4.30. The number of carbonyl (C=O) groups is 1.